The van der Waals surface area contributed by atoms with Crippen LogP contribution in [-0.2, 0) is 11.8 Å². The van der Waals surface area contributed by atoms with Gasteiger partial charge >= 0.3 is 0 Å². The number of hydrogen-bond donors (Lipinski definition) is 0. The number of ether oxygens (including phenoxy) is 1. The lowest BCUT2D eigenvalue weighted by molar-refractivity contribution is 0.0282. The fourth-order valence-corrected chi connectivity index (χ4v) is 4.88. The third-order valence-corrected chi connectivity index (χ3v) is 6.42. The Labute approximate surface area is 129 Å². The van der Waals surface area contributed by atoms with Gasteiger partial charge in [0.25, 0.3) is 5.91 Å². The molecule has 0 radical (unpaired) electrons. The molecule has 1 saturated carbocycles. The predicted octanol–water partition coefficient (Wildman–Crippen LogP) is 2.15. The first-order valence-corrected chi connectivity index (χ1v) is 8.80. The number of aryl methyl sites for hydroxylation is 1. The summed E-state index contributed by atoms with van der Waals surface area (Å²) >= 11 is 2.01. The summed E-state index contributed by atoms with van der Waals surface area (Å²) in [6.45, 7) is 2.71. The lowest BCUT2D eigenvalue weighted by Gasteiger charge is -2.47. The molecule has 1 aromatic rings. The van der Waals surface area contributed by atoms with E-state index in [1.807, 2.05) is 46.6 Å². The Morgan fingerprint density at radius 2 is 2.29 bits per heavy atom. The Morgan fingerprint density at radius 3 is 2.95 bits per heavy atom. The highest BCUT2D eigenvalue weighted by Crippen LogP contribution is 2.46. The number of aromatic nitrogens is 1. The third kappa shape index (κ3) is 2.61. The number of hydrogen-bond acceptors (Lipinski definition) is 3. The zero-order valence-electron chi connectivity index (χ0n) is 12.5. The minimum atomic E-state index is 0.163. The molecule has 1 spiro atoms. The van der Waals surface area contributed by atoms with Crippen molar-refractivity contribution >= 4 is 17.7 Å². The Bertz CT molecular complexity index is 546. The largest absolute Gasteiger partial charge is 0.377 e. The molecule has 3 aliphatic rings. The van der Waals surface area contributed by atoms with E-state index in [0.29, 0.717) is 6.10 Å². The summed E-state index contributed by atoms with van der Waals surface area (Å²) in [4.78, 5) is 14.4. The normalized spacial score (nSPS) is 27.1. The molecule has 4 nitrogen and oxygen atoms in total. The van der Waals surface area contributed by atoms with E-state index in [1.54, 1.807) is 0 Å². The van der Waals surface area contributed by atoms with Gasteiger partial charge in [-0.15, -0.1) is 11.8 Å². The van der Waals surface area contributed by atoms with Crippen molar-refractivity contribution < 1.29 is 9.53 Å². The van der Waals surface area contributed by atoms with Crippen LogP contribution in [0.5, 0.6) is 0 Å². The molecule has 2 aliphatic heterocycles. The summed E-state index contributed by atoms with van der Waals surface area (Å²) in [5.74, 6) is 2.10. The topological polar surface area (TPSA) is 34.5 Å². The number of carbonyl (C=O) groups is 1. The lowest BCUT2D eigenvalue weighted by atomic mass is 9.92. The Kier molecular flexibility index (Phi) is 3.30. The SMILES string of the molecule is Cn1cccc1C(=O)N1CC2(CC(OCC3CC3)CS2)C1. The molecule has 5 heteroatoms. The number of thioether (sulfide) groups is 1. The van der Waals surface area contributed by atoms with Crippen molar-refractivity contribution in [3.05, 3.63) is 24.0 Å². The first kappa shape index (κ1) is 13.7. The van der Waals surface area contributed by atoms with Crippen LogP contribution in [0.3, 0.4) is 0 Å². The van der Waals surface area contributed by atoms with Gasteiger partial charge in [0.05, 0.1) is 10.9 Å². The van der Waals surface area contributed by atoms with Crippen LogP contribution in [-0.4, -0.2) is 51.7 Å². The van der Waals surface area contributed by atoms with Crippen molar-refractivity contribution in [1.82, 2.24) is 9.47 Å². The molecule has 1 aromatic heterocycles. The molecule has 1 unspecified atom stereocenters. The van der Waals surface area contributed by atoms with Crippen LogP contribution in [0.25, 0.3) is 0 Å². The molecule has 4 rings (SSSR count). The molecule has 2 saturated heterocycles. The van der Waals surface area contributed by atoms with Crippen LogP contribution >= 0.6 is 11.8 Å². The zero-order chi connectivity index (χ0) is 14.4. The number of carbonyl (C=O) groups excluding carboxylic acids is 1. The fraction of sp³-hybridized carbons (Fsp3) is 0.688. The summed E-state index contributed by atoms with van der Waals surface area (Å²) in [5.41, 5.74) is 0.786. The smallest absolute Gasteiger partial charge is 0.270 e. The van der Waals surface area contributed by atoms with Crippen molar-refractivity contribution in [2.75, 3.05) is 25.4 Å². The van der Waals surface area contributed by atoms with Gasteiger partial charge in [0, 0.05) is 38.7 Å². The number of rotatable bonds is 4. The number of nitrogens with zero attached hydrogens (tertiary/aromatic N) is 2. The summed E-state index contributed by atoms with van der Waals surface area (Å²) < 4.78 is 8.19. The maximum atomic E-state index is 12.4. The minimum absolute atomic E-state index is 0.163. The van der Waals surface area contributed by atoms with Gasteiger partial charge in [-0.1, -0.05) is 0 Å². The van der Waals surface area contributed by atoms with Crippen LogP contribution in [0.1, 0.15) is 29.8 Å². The van der Waals surface area contributed by atoms with E-state index in [1.165, 1.54) is 12.8 Å². The van der Waals surface area contributed by atoms with E-state index in [0.717, 1.165) is 43.5 Å². The van der Waals surface area contributed by atoms with Crippen molar-refractivity contribution in [2.45, 2.75) is 30.1 Å². The second-order valence-corrected chi connectivity index (χ2v) is 8.25. The molecule has 1 aliphatic carbocycles. The van der Waals surface area contributed by atoms with Gasteiger partial charge in [0.1, 0.15) is 5.69 Å². The number of likely N-dealkylation sites (tertiary alicyclic amines) is 1. The maximum absolute atomic E-state index is 12.4. The van der Waals surface area contributed by atoms with E-state index in [9.17, 15) is 4.79 Å². The molecule has 3 fully saturated rings. The average molecular weight is 306 g/mol. The molecule has 0 bridgehead atoms. The fourth-order valence-electron chi connectivity index (χ4n) is 3.32. The highest BCUT2D eigenvalue weighted by atomic mass is 32.2. The first-order valence-electron chi connectivity index (χ1n) is 7.81. The molecule has 21 heavy (non-hydrogen) atoms. The maximum Gasteiger partial charge on any atom is 0.270 e. The lowest BCUT2D eigenvalue weighted by Crippen LogP contribution is -2.61. The van der Waals surface area contributed by atoms with Gasteiger partial charge in [-0.3, -0.25) is 4.79 Å². The van der Waals surface area contributed by atoms with Crippen molar-refractivity contribution in [1.29, 1.82) is 0 Å². The van der Waals surface area contributed by atoms with Crippen LogP contribution in [0.4, 0.5) is 0 Å². The standard InChI is InChI=1S/C16H22N2O2S/c1-17-6-2-3-14(17)15(19)18-10-16(11-18)7-13(9-21-16)20-8-12-4-5-12/h2-3,6,12-13H,4-5,7-11H2,1H3. The van der Waals surface area contributed by atoms with Gasteiger partial charge in [-0.25, -0.2) is 0 Å². The molecule has 0 N–H and O–H groups in total. The first-order chi connectivity index (χ1) is 10.2. The molecule has 0 aromatic carbocycles. The van der Waals surface area contributed by atoms with Crippen LogP contribution in [0, 0.1) is 5.92 Å². The van der Waals surface area contributed by atoms with Crippen molar-refractivity contribution in [3.63, 3.8) is 0 Å². The molecule has 3 heterocycles. The summed E-state index contributed by atoms with van der Waals surface area (Å²) in [7, 11) is 1.93. The molecular formula is C16H22N2O2S. The second kappa shape index (κ2) is 5.06. The molecule has 1 atom stereocenters. The zero-order valence-corrected chi connectivity index (χ0v) is 13.3. The average Bonchev–Trinajstić information content (AvgIpc) is 3.00. The summed E-state index contributed by atoms with van der Waals surface area (Å²) in [5, 5.41) is 0. The Morgan fingerprint density at radius 1 is 1.48 bits per heavy atom. The molecule has 114 valence electrons. The second-order valence-electron chi connectivity index (χ2n) is 6.76. The van der Waals surface area contributed by atoms with Crippen LogP contribution in [0.15, 0.2) is 18.3 Å². The molecule has 1 amide bonds. The minimum Gasteiger partial charge on any atom is -0.377 e. The quantitative estimate of drug-likeness (QED) is 0.855. The van der Waals surface area contributed by atoms with Crippen molar-refractivity contribution in [3.8, 4) is 0 Å². The summed E-state index contributed by atoms with van der Waals surface area (Å²) in [6.07, 6.45) is 6.15. The van der Waals surface area contributed by atoms with E-state index < -0.39 is 0 Å². The van der Waals surface area contributed by atoms with Gasteiger partial charge in [0.15, 0.2) is 0 Å². The third-order valence-electron chi connectivity index (χ3n) is 4.85. The highest BCUT2D eigenvalue weighted by Gasteiger charge is 2.51. The molecular weight excluding hydrogens is 284 g/mol. The Balaban J connectivity index is 1.30. The monoisotopic (exact) mass is 306 g/mol. The van der Waals surface area contributed by atoms with Crippen molar-refractivity contribution in [2.24, 2.45) is 13.0 Å². The predicted molar refractivity (Wildman–Crippen MR) is 83.6 cm³/mol. The van der Waals surface area contributed by atoms with Gasteiger partial charge in [-0.05, 0) is 37.3 Å². The summed E-state index contributed by atoms with van der Waals surface area (Å²) in [6, 6.07) is 3.82. The van der Waals surface area contributed by atoms with E-state index in [-0.39, 0.29) is 10.7 Å². The van der Waals surface area contributed by atoms with E-state index in [4.69, 9.17) is 4.74 Å². The van der Waals surface area contributed by atoms with Gasteiger partial charge in [-0.2, -0.15) is 0 Å². The van der Waals surface area contributed by atoms with Gasteiger partial charge < -0.3 is 14.2 Å². The Hall–Kier alpha value is -0.940. The number of amides is 1. The van der Waals surface area contributed by atoms with Crippen LogP contribution in [0.2, 0.25) is 0 Å². The van der Waals surface area contributed by atoms with Crippen LogP contribution < -0.4 is 0 Å². The van der Waals surface area contributed by atoms with E-state index in [2.05, 4.69) is 0 Å². The van der Waals surface area contributed by atoms with Gasteiger partial charge in [0.2, 0.25) is 0 Å². The highest BCUT2D eigenvalue weighted by molar-refractivity contribution is 8.01. The van der Waals surface area contributed by atoms with E-state index >= 15 is 0 Å².